The van der Waals surface area contributed by atoms with Crippen molar-refractivity contribution in [3.05, 3.63) is 131 Å². The summed E-state index contributed by atoms with van der Waals surface area (Å²) in [6.45, 7) is 4.34. The molecular formula is C34H31N5O3. The lowest BCUT2D eigenvalue weighted by molar-refractivity contribution is -0.113. The molecule has 5 aromatic rings. The molecule has 8 heteroatoms. The number of hydrogen-bond donors (Lipinski definition) is 2. The van der Waals surface area contributed by atoms with Crippen LogP contribution in [0.4, 0.5) is 11.6 Å². The molecule has 1 aromatic heterocycles. The van der Waals surface area contributed by atoms with E-state index in [1.54, 1.807) is 11.8 Å². The van der Waals surface area contributed by atoms with E-state index < -0.39 is 6.04 Å². The van der Waals surface area contributed by atoms with Crippen LogP contribution < -0.4 is 20.1 Å². The van der Waals surface area contributed by atoms with Crippen LogP contribution in [-0.2, 0) is 11.4 Å². The van der Waals surface area contributed by atoms with Crippen LogP contribution in [-0.4, -0.2) is 27.8 Å². The van der Waals surface area contributed by atoms with Crippen molar-refractivity contribution in [1.29, 1.82) is 0 Å². The number of aromatic nitrogens is 3. The van der Waals surface area contributed by atoms with Gasteiger partial charge in [0.05, 0.1) is 18.4 Å². The number of aryl methyl sites for hydroxylation is 1. The highest BCUT2D eigenvalue weighted by atomic mass is 16.5. The van der Waals surface area contributed by atoms with E-state index in [9.17, 15) is 4.79 Å². The highest BCUT2D eigenvalue weighted by Gasteiger charge is 2.35. The van der Waals surface area contributed by atoms with Crippen LogP contribution in [0.25, 0.3) is 11.4 Å². The molecule has 0 aliphatic carbocycles. The van der Waals surface area contributed by atoms with Crippen molar-refractivity contribution in [2.75, 3.05) is 17.7 Å². The Kier molecular flexibility index (Phi) is 7.43. The molecule has 6 rings (SSSR count). The van der Waals surface area contributed by atoms with Gasteiger partial charge >= 0.3 is 0 Å². The van der Waals surface area contributed by atoms with Crippen LogP contribution in [0.5, 0.6) is 11.5 Å². The van der Waals surface area contributed by atoms with Gasteiger partial charge < -0.3 is 20.1 Å². The maximum absolute atomic E-state index is 14.0. The minimum Gasteiger partial charge on any atom is -0.495 e. The van der Waals surface area contributed by atoms with Crippen molar-refractivity contribution in [2.45, 2.75) is 26.5 Å². The van der Waals surface area contributed by atoms with Crippen LogP contribution in [0.15, 0.2) is 114 Å². The fourth-order valence-electron chi connectivity index (χ4n) is 5.14. The van der Waals surface area contributed by atoms with Crippen molar-refractivity contribution in [2.24, 2.45) is 0 Å². The van der Waals surface area contributed by atoms with E-state index in [4.69, 9.17) is 19.6 Å². The summed E-state index contributed by atoms with van der Waals surface area (Å²) in [6, 6.07) is 32.6. The Morgan fingerprint density at radius 3 is 2.50 bits per heavy atom. The molecule has 210 valence electrons. The van der Waals surface area contributed by atoms with Crippen molar-refractivity contribution < 1.29 is 14.3 Å². The lowest BCUT2D eigenvalue weighted by atomic mass is 9.94. The normalized spacial score (nSPS) is 14.1. The van der Waals surface area contributed by atoms with E-state index in [1.807, 2.05) is 117 Å². The predicted octanol–water partition coefficient (Wildman–Crippen LogP) is 6.77. The minimum atomic E-state index is -0.568. The Balaban J connectivity index is 1.41. The first-order valence-electron chi connectivity index (χ1n) is 13.7. The van der Waals surface area contributed by atoms with Gasteiger partial charge in [-0.15, -0.1) is 5.10 Å². The van der Waals surface area contributed by atoms with E-state index in [2.05, 4.69) is 10.6 Å². The summed E-state index contributed by atoms with van der Waals surface area (Å²) < 4.78 is 13.4. The molecule has 2 heterocycles. The number of ether oxygens (including phenoxy) is 2. The zero-order chi connectivity index (χ0) is 29.1. The summed E-state index contributed by atoms with van der Waals surface area (Å²) in [5.41, 5.74) is 5.67. The second kappa shape index (κ2) is 11.6. The van der Waals surface area contributed by atoms with Crippen LogP contribution in [0.2, 0.25) is 0 Å². The summed E-state index contributed by atoms with van der Waals surface area (Å²) >= 11 is 0. The summed E-state index contributed by atoms with van der Waals surface area (Å²) in [5.74, 6) is 2.13. The Morgan fingerprint density at radius 2 is 1.69 bits per heavy atom. The molecule has 42 heavy (non-hydrogen) atoms. The molecule has 1 atom stereocenters. The minimum absolute atomic E-state index is 0.274. The maximum Gasteiger partial charge on any atom is 0.255 e. The third kappa shape index (κ3) is 5.34. The number of carbonyl (C=O) groups excluding carboxylic acids is 1. The number of para-hydroxylation sites is 2. The Hall–Kier alpha value is -5.37. The monoisotopic (exact) mass is 557 g/mol. The molecule has 8 nitrogen and oxygen atoms in total. The predicted molar refractivity (Wildman–Crippen MR) is 163 cm³/mol. The van der Waals surface area contributed by atoms with Crippen LogP contribution in [0, 0.1) is 6.92 Å². The van der Waals surface area contributed by atoms with E-state index in [0.717, 1.165) is 22.3 Å². The highest BCUT2D eigenvalue weighted by molar-refractivity contribution is 6.06. The van der Waals surface area contributed by atoms with Crippen molar-refractivity contribution in [1.82, 2.24) is 14.8 Å². The third-order valence-corrected chi connectivity index (χ3v) is 7.26. The molecule has 1 aliphatic rings. The highest BCUT2D eigenvalue weighted by Crippen LogP contribution is 2.38. The number of carbonyl (C=O) groups is 1. The average molecular weight is 558 g/mol. The van der Waals surface area contributed by atoms with Crippen molar-refractivity contribution in [3.8, 4) is 22.9 Å². The number of nitrogens with zero attached hydrogens (tertiary/aromatic N) is 3. The van der Waals surface area contributed by atoms with Gasteiger partial charge in [0, 0.05) is 11.3 Å². The average Bonchev–Trinajstić information content (AvgIpc) is 3.43. The molecule has 1 aliphatic heterocycles. The van der Waals surface area contributed by atoms with E-state index in [-0.39, 0.29) is 5.91 Å². The van der Waals surface area contributed by atoms with Gasteiger partial charge in [-0.05, 0) is 54.8 Å². The van der Waals surface area contributed by atoms with Gasteiger partial charge in [-0.3, -0.25) is 4.79 Å². The van der Waals surface area contributed by atoms with Gasteiger partial charge in [0.1, 0.15) is 24.1 Å². The molecule has 0 saturated carbocycles. The molecule has 0 spiro atoms. The molecular weight excluding hydrogens is 526 g/mol. The number of anilines is 2. The van der Waals surface area contributed by atoms with Gasteiger partial charge in [-0.25, -0.2) is 4.68 Å². The first kappa shape index (κ1) is 26.8. The lowest BCUT2D eigenvalue weighted by Crippen LogP contribution is -2.31. The summed E-state index contributed by atoms with van der Waals surface area (Å²) in [4.78, 5) is 18.8. The van der Waals surface area contributed by atoms with Crippen molar-refractivity contribution >= 4 is 17.5 Å². The molecule has 0 radical (unpaired) electrons. The van der Waals surface area contributed by atoms with Gasteiger partial charge in [0.2, 0.25) is 5.95 Å². The van der Waals surface area contributed by atoms with Crippen molar-refractivity contribution in [3.63, 3.8) is 0 Å². The van der Waals surface area contributed by atoms with E-state index in [1.165, 1.54) is 0 Å². The van der Waals surface area contributed by atoms with Crippen LogP contribution in [0.1, 0.15) is 29.7 Å². The summed E-state index contributed by atoms with van der Waals surface area (Å²) in [5, 5.41) is 11.3. The first-order valence-corrected chi connectivity index (χ1v) is 13.7. The van der Waals surface area contributed by atoms with Crippen LogP contribution >= 0.6 is 0 Å². The largest absolute Gasteiger partial charge is 0.495 e. The fourth-order valence-corrected chi connectivity index (χ4v) is 5.14. The first-order chi connectivity index (χ1) is 20.5. The molecule has 4 aromatic carbocycles. The number of rotatable bonds is 8. The number of allylic oxidation sites excluding steroid dienone is 1. The number of benzene rings is 4. The molecule has 0 fully saturated rings. The summed E-state index contributed by atoms with van der Waals surface area (Å²) in [7, 11) is 1.58. The fraction of sp³-hybridized carbons (Fsp3) is 0.147. The molecule has 1 unspecified atom stereocenters. The Labute approximate surface area is 244 Å². The van der Waals surface area contributed by atoms with Crippen LogP contribution in [0.3, 0.4) is 0 Å². The Bertz CT molecular complexity index is 1780. The lowest BCUT2D eigenvalue weighted by Gasteiger charge is -2.29. The quantitative estimate of drug-likeness (QED) is 0.219. The van der Waals surface area contributed by atoms with Gasteiger partial charge in [-0.1, -0.05) is 78.9 Å². The smallest absolute Gasteiger partial charge is 0.255 e. The van der Waals surface area contributed by atoms with Gasteiger partial charge in [-0.2, -0.15) is 4.98 Å². The number of amides is 1. The number of nitrogens with one attached hydrogen (secondary N) is 2. The number of fused-ring (bicyclic) bond motifs is 1. The topological polar surface area (TPSA) is 90.3 Å². The van der Waals surface area contributed by atoms with Gasteiger partial charge in [0.25, 0.3) is 5.91 Å². The third-order valence-electron chi connectivity index (χ3n) is 7.26. The van der Waals surface area contributed by atoms with E-state index in [0.29, 0.717) is 46.8 Å². The molecule has 0 bridgehead atoms. The standard InChI is InChI=1S/C34H31N5O3/c1-22-12-7-8-17-27(22)32-37-34-35-23(2)30(33(40)36-28-18-9-10-19-29(28)41-3)31(39(34)38-32)25-15-11-16-26(20-25)42-21-24-13-5-4-6-14-24/h4-20,31H,21H2,1-3H3,(H,36,40)(H,35,37,38). The Morgan fingerprint density at radius 1 is 0.929 bits per heavy atom. The SMILES string of the molecule is COc1ccccc1NC(=O)C1=C(C)Nc2nc(-c3ccccc3C)nn2C1c1cccc(OCc2ccccc2)c1. The number of hydrogen-bond acceptors (Lipinski definition) is 6. The van der Waals surface area contributed by atoms with E-state index >= 15 is 0 Å². The zero-order valence-electron chi connectivity index (χ0n) is 23.7. The van der Waals surface area contributed by atoms with Gasteiger partial charge in [0.15, 0.2) is 5.82 Å². The second-order valence-electron chi connectivity index (χ2n) is 10.1. The zero-order valence-corrected chi connectivity index (χ0v) is 23.7. The molecule has 1 amide bonds. The molecule has 0 saturated heterocycles. The maximum atomic E-state index is 14.0. The second-order valence-corrected chi connectivity index (χ2v) is 10.1. The number of methoxy groups -OCH3 is 1. The summed E-state index contributed by atoms with van der Waals surface area (Å²) in [6.07, 6.45) is 0. The molecule has 2 N–H and O–H groups in total.